The molecular formula is C24H18F3NO3. The van der Waals surface area contributed by atoms with Crippen LogP contribution in [0.15, 0.2) is 59.1 Å². The van der Waals surface area contributed by atoms with Crippen molar-refractivity contribution in [2.24, 2.45) is 0 Å². The van der Waals surface area contributed by atoms with Crippen LogP contribution in [-0.4, -0.2) is 11.1 Å². The molecule has 1 heterocycles. The summed E-state index contributed by atoms with van der Waals surface area (Å²) in [6.45, 7) is 6.24. The molecular weight excluding hydrogens is 407 g/mol. The van der Waals surface area contributed by atoms with Crippen LogP contribution in [0, 0.1) is 17.5 Å². The first kappa shape index (κ1) is 20.7. The molecule has 158 valence electrons. The van der Waals surface area contributed by atoms with Crippen molar-refractivity contribution in [3.8, 4) is 17.0 Å². The van der Waals surface area contributed by atoms with Crippen molar-refractivity contribution in [3.05, 3.63) is 83.2 Å². The van der Waals surface area contributed by atoms with Crippen LogP contribution in [0.2, 0.25) is 0 Å². The Hall–Kier alpha value is -3.61. The number of hydrogen-bond donors (Lipinski definition) is 0. The van der Waals surface area contributed by atoms with Crippen LogP contribution in [0.4, 0.5) is 13.2 Å². The molecule has 0 aliphatic carbocycles. The van der Waals surface area contributed by atoms with Crippen molar-refractivity contribution >= 4 is 16.9 Å². The highest BCUT2D eigenvalue weighted by molar-refractivity contribution is 5.94. The van der Waals surface area contributed by atoms with Gasteiger partial charge in [-0.05, 0) is 47.4 Å². The van der Waals surface area contributed by atoms with Gasteiger partial charge in [0.2, 0.25) is 0 Å². The molecule has 4 nitrogen and oxygen atoms in total. The van der Waals surface area contributed by atoms with Gasteiger partial charge in [-0.15, -0.1) is 0 Å². The highest BCUT2D eigenvalue weighted by Gasteiger charge is 2.18. The van der Waals surface area contributed by atoms with Gasteiger partial charge in [0.25, 0.3) is 0 Å². The molecule has 0 aliphatic rings. The van der Waals surface area contributed by atoms with E-state index in [0.29, 0.717) is 10.9 Å². The molecule has 0 amide bonds. The lowest BCUT2D eigenvalue weighted by Gasteiger charge is -2.18. The van der Waals surface area contributed by atoms with E-state index in [9.17, 15) is 18.0 Å². The third kappa shape index (κ3) is 4.03. The van der Waals surface area contributed by atoms with E-state index in [4.69, 9.17) is 9.26 Å². The Balaban J connectivity index is 1.59. The Morgan fingerprint density at radius 2 is 1.58 bits per heavy atom. The van der Waals surface area contributed by atoms with Gasteiger partial charge >= 0.3 is 5.97 Å². The maximum atomic E-state index is 13.6. The summed E-state index contributed by atoms with van der Waals surface area (Å²) < 4.78 is 51.0. The Morgan fingerprint density at radius 1 is 0.935 bits per heavy atom. The second-order valence-corrected chi connectivity index (χ2v) is 8.16. The topological polar surface area (TPSA) is 52.3 Å². The fourth-order valence-corrected chi connectivity index (χ4v) is 3.15. The molecule has 0 saturated heterocycles. The number of benzene rings is 3. The van der Waals surface area contributed by atoms with E-state index in [1.807, 2.05) is 12.1 Å². The zero-order valence-corrected chi connectivity index (χ0v) is 17.0. The molecule has 0 atom stereocenters. The molecule has 4 aromatic rings. The second kappa shape index (κ2) is 7.58. The van der Waals surface area contributed by atoms with Crippen molar-refractivity contribution in [1.82, 2.24) is 5.16 Å². The average Bonchev–Trinajstić information content (AvgIpc) is 3.14. The quantitative estimate of drug-likeness (QED) is 0.216. The van der Waals surface area contributed by atoms with Gasteiger partial charge in [0, 0.05) is 17.0 Å². The Kier molecular flexibility index (Phi) is 5.05. The van der Waals surface area contributed by atoms with Crippen molar-refractivity contribution in [2.45, 2.75) is 26.2 Å². The van der Waals surface area contributed by atoms with Gasteiger partial charge in [-0.2, -0.15) is 0 Å². The number of rotatable bonds is 3. The zero-order chi connectivity index (χ0) is 22.3. The number of carbonyl (C=O) groups excluding carboxylic acids is 1. The van der Waals surface area contributed by atoms with Crippen LogP contribution >= 0.6 is 0 Å². The van der Waals surface area contributed by atoms with Crippen molar-refractivity contribution < 1.29 is 27.2 Å². The number of halogens is 3. The largest absolute Gasteiger partial charge is 0.423 e. The minimum absolute atomic E-state index is 0.0267. The predicted molar refractivity (Wildman–Crippen MR) is 109 cm³/mol. The molecule has 31 heavy (non-hydrogen) atoms. The summed E-state index contributed by atoms with van der Waals surface area (Å²) in [4.78, 5) is 12.5. The molecule has 0 fully saturated rings. The minimum atomic E-state index is -1.55. The van der Waals surface area contributed by atoms with E-state index in [1.165, 1.54) is 12.1 Å². The van der Waals surface area contributed by atoms with E-state index < -0.39 is 23.4 Å². The van der Waals surface area contributed by atoms with Crippen LogP contribution in [0.3, 0.4) is 0 Å². The number of aromatic nitrogens is 1. The van der Waals surface area contributed by atoms with Crippen molar-refractivity contribution in [3.63, 3.8) is 0 Å². The molecule has 0 aliphatic heterocycles. The van der Waals surface area contributed by atoms with Crippen LogP contribution in [0.1, 0.15) is 36.7 Å². The molecule has 0 bridgehead atoms. The highest BCUT2D eigenvalue weighted by atomic mass is 19.2. The lowest BCUT2D eigenvalue weighted by molar-refractivity contribution is 0.0735. The molecule has 0 unspecified atom stereocenters. The van der Waals surface area contributed by atoms with Crippen LogP contribution in [0.25, 0.3) is 22.2 Å². The maximum absolute atomic E-state index is 13.6. The van der Waals surface area contributed by atoms with E-state index in [1.54, 1.807) is 18.2 Å². The molecule has 4 rings (SSSR count). The fourth-order valence-electron chi connectivity index (χ4n) is 3.15. The van der Waals surface area contributed by atoms with Crippen LogP contribution in [0.5, 0.6) is 5.75 Å². The third-order valence-corrected chi connectivity index (χ3v) is 4.90. The minimum Gasteiger partial charge on any atom is -0.423 e. The monoisotopic (exact) mass is 425 g/mol. The molecule has 1 aromatic heterocycles. The first-order chi connectivity index (χ1) is 14.6. The molecule has 0 spiro atoms. The van der Waals surface area contributed by atoms with Crippen molar-refractivity contribution in [2.75, 3.05) is 0 Å². The highest BCUT2D eigenvalue weighted by Crippen LogP contribution is 2.32. The van der Waals surface area contributed by atoms with E-state index in [-0.39, 0.29) is 28.0 Å². The maximum Gasteiger partial charge on any atom is 0.343 e. The molecule has 7 heteroatoms. The standard InChI is InChI=1S/C24H18F3NO3/c1-24(2,3)15-6-4-13(5-7-15)23(29)30-16-8-9-17-20(12-16)31-28-22(17)14-10-18(25)21(27)19(26)11-14/h4-12H,1-3H3. The lowest BCUT2D eigenvalue weighted by Crippen LogP contribution is -2.12. The summed E-state index contributed by atoms with van der Waals surface area (Å²) in [7, 11) is 0. The average molecular weight is 425 g/mol. The number of esters is 1. The second-order valence-electron chi connectivity index (χ2n) is 8.16. The van der Waals surface area contributed by atoms with Gasteiger partial charge in [0.05, 0.1) is 5.56 Å². The van der Waals surface area contributed by atoms with Gasteiger partial charge in [-0.3, -0.25) is 0 Å². The smallest absolute Gasteiger partial charge is 0.343 e. The first-order valence-corrected chi connectivity index (χ1v) is 9.50. The summed E-state index contributed by atoms with van der Waals surface area (Å²) in [5.41, 5.74) is 1.86. The Labute approximate surface area is 176 Å². The fraction of sp³-hybridized carbons (Fsp3) is 0.167. The Bertz CT molecular complexity index is 1260. The summed E-state index contributed by atoms with van der Waals surface area (Å²) in [6.07, 6.45) is 0. The number of ether oxygens (including phenoxy) is 1. The Morgan fingerprint density at radius 3 is 2.19 bits per heavy atom. The molecule has 0 saturated carbocycles. The predicted octanol–water partition coefficient (Wildman–Crippen LogP) is 6.43. The first-order valence-electron chi connectivity index (χ1n) is 9.50. The summed E-state index contributed by atoms with van der Waals surface area (Å²) >= 11 is 0. The van der Waals surface area contributed by atoms with Gasteiger partial charge in [0.15, 0.2) is 23.0 Å². The summed E-state index contributed by atoms with van der Waals surface area (Å²) in [5.74, 6) is -4.52. The summed E-state index contributed by atoms with van der Waals surface area (Å²) in [6, 6.07) is 13.3. The normalized spacial score (nSPS) is 11.7. The molecule has 3 aromatic carbocycles. The number of hydrogen-bond acceptors (Lipinski definition) is 4. The van der Waals surface area contributed by atoms with Gasteiger partial charge in [-0.1, -0.05) is 38.1 Å². The number of fused-ring (bicyclic) bond motifs is 1. The SMILES string of the molecule is CC(C)(C)c1ccc(C(=O)Oc2ccc3c(-c4cc(F)c(F)c(F)c4)noc3c2)cc1. The van der Waals surface area contributed by atoms with Crippen molar-refractivity contribution in [1.29, 1.82) is 0 Å². The zero-order valence-electron chi connectivity index (χ0n) is 17.0. The van der Waals surface area contributed by atoms with Crippen LogP contribution in [-0.2, 0) is 5.41 Å². The number of nitrogens with zero attached hydrogens (tertiary/aromatic N) is 1. The van der Waals surface area contributed by atoms with Gasteiger partial charge in [-0.25, -0.2) is 18.0 Å². The molecule has 0 N–H and O–H groups in total. The number of carbonyl (C=O) groups is 1. The summed E-state index contributed by atoms with van der Waals surface area (Å²) in [5, 5.41) is 4.25. The van der Waals surface area contributed by atoms with Gasteiger partial charge in [0.1, 0.15) is 11.4 Å². The van der Waals surface area contributed by atoms with Crippen LogP contribution < -0.4 is 4.74 Å². The van der Waals surface area contributed by atoms with E-state index >= 15 is 0 Å². The van der Waals surface area contributed by atoms with E-state index in [2.05, 4.69) is 25.9 Å². The van der Waals surface area contributed by atoms with Gasteiger partial charge < -0.3 is 9.26 Å². The lowest BCUT2D eigenvalue weighted by atomic mass is 9.87. The third-order valence-electron chi connectivity index (χ3n) is 4.90. The van der Waals surface area contributed by atoms with E-state index in [0.717, 1.165) is 17.7 Å². The molecule has 0 radical (unpaired) electrons.